The largest absolute Gasteiger partial charge is 0.352 e. The summed E-state index contributed by atoms with van der Waals surface area (Å²) in [4.78, 5) is 10.9. The van der Waals surface area contributed by atoms with Crippen LogP contribution in [0.2, 0.25) is 0 Å². The minimum absolute atomic E-state index is 0.121. The molecule has 17 heavy (non-hydrogen) atoms. The fraction of sp³-hybridized carbons (Fsp3) is 0.600. The van der Waals surface area contributed by atoms with Crippen LogP contribution in [0.4, 0.5) is 0 Å². The van der Waals surface area contributed by atoms with E-state index < -0.39 is 0 Å². The van der Waals surface area contributed by atoms with E-state index in [2.05, 4.69) is 11.9 Å². The molecule has 1 heterocycles. The van der Waals surface area contributed by atoms with Gasteiger partial charge < -0.3 is 5.32 Å². The van der Waals surface area contributed by atoms with Gasteiger partial charge in [-0.25, -0.2) is 0 Å². The van der Waals surface area contributed by atoms with Crippen LogP contribution in [-0.4, -0.2) is 43.6 Å². The standard InChI is InChI=1S/C10H15NOS5/c1-2-9(12)11-3-4-16-10(13)17-8-5-14-7-15-6-8/h2,8H,1,3-7H2,(H,11,12). The highest BCUT2D eigenvalue weighted by atomic mass is 32.2. The summed E-state index contributed by atoms with van der Waals surface area (Å²) in [5.74, 6) is 3.11. The average molecular weight is 326 g/mol. The second kappa shape index (κ2) is 9.61. The van der Waals surface area contributed by atoms with Gasteiger partial charge in [0.15, 0.2) is 0 Å². The summed E-state index contributed by atoms with van der Waals surface area (Å²) in [6, 6.07) is 0. The Morgan fingerprint density at radius 2 is 2.24 bits per heavy atom. The number of rotatable bonds is 5. The number of thioether (sulfide) groups is 4. The van der Waals surface area contributed by atoms with Gasteiger partial charge in [0.25, 0.3) is 0 Å². The van der Waals surface area contributed by atoms with Gasteiger partial charge in [0.05, 0.1) is 0 Å². The number of hydrogen-bond donors (Lipinski definition) is 1. The molecule has 0 aromatic heterocycles. The summed E-state index contributed by atoms with van der Waals surface area (Å²) in [7, 11) is 0. The summed E-state index contributed by atoms with van der Waals surface area (Å²) < 4.78 is 0.992. The van der Waals surface area contributed by atoms with Crippen LogP contribution in [0.25, 0.3) is 0 Å². The Balaban J connectivity index is 2.04. The van der Waals surface area contributed by atoms with Gasteiger partial charge in [0.2, 0.25) is 5.91 Å². The molecule has 1 amide bonds. The van der Waals surface area contributed by atoms with Gasteiger partial charge in [-0.3, -0.25) is 4.79 Å². The van der Waals surface area contributed by atoms with Crippen LogP contribution in [-0.2, 0) is 4.79 Å². The molecule has 1 aliphatic rings. The Morgan fingerprint density at radius 1 is 1.53 bits per heavy atom. The molecule has 0 radical (unpaired) electrons. The maximum atomic E-state index is 10.9. The first-order valence-electron chi connectivity index (χ1n) is 5.11. The molecule has 0 saturated carbocycles. The molecule has 0 atom stereocenters. The van der Waals surface area contributed by atoms with E-state index in [1.807, 2.05) is 23.5 Å². The maximum absolute atomic E-state index is 10.9. The van der Waals surface area contributed by atoms with Gasteiger partial charge in [0.1, 0.15) is 3.53 Å². The molecule has 1 saturated heterocycles. The van der Waals surface area contributed by atoms with Crippen molar-refractivity contribution in [1.82, 2.24) is 5.32 Å². The Labute approximate surface area is 125 Å². The van der Waals surface area contributed by atoms with Gasteiger partial charge in [-0.05, 0) is 6.08 Å². The highest BCUT2D eigenvalue weighted by Gasteiger charge is 2.16. The smallest absolute Gasteiger partial charge is 0.243 e. The van der Waals surface area contributed by atoms with Crippen molar-refractivity contribution >= 4 is 68.7 Å². The lowest BCUT2D eigenvalue weighted by Crippen LogP contribution is -2.23. The predicted octanol–water partition coefficient (Wildman–Crippen LogP) is 2.85. The van der Waals surface area contributed by atoms with Crippen molar-refractivity contribution in [2.24, 2.45) is 0 Å². The summed E-state index contributed by atoms with van der Waals surface area (Å²) >= 11 is 12.7. The predicted molar refractivity (Wildman–Crippen MR) is 89.4 cm³/mol. The first-order chi connectivity index (χ1) is 8.22. The van der Waals surface area contributed by atoms with Gasteiger partial charge in [-0.2, -0.15) is 0 Å². The highest BCUT2D eigenvalue weighted by molar-refractivity contribution is 8.47. The molecule has 1 rings (SSSR count). The molecule has 0 unspecified atom stereocenters. The van der Waals surface area contributed by atoms with Crippen LogP contribution < -0.4 is 5.32 Å². The average Bonchev–Trinajstić information content (AvgIpc) is 2.35. The number of carbonyl (C=O) groups is 1. The zero-order chi connectivity index (χ0) is 12.5. The summed E-state index contributed by atoms with van der Waals surface area (Å²) in [6.45, 7) is 4.04. The minimum Gasteiger partial charge on any atom is -0.352 e. The molecule has 0 aromatic carbocycles. The molecule has 0 spiro atoms. The summed E-state index contributed by atoms with van der Waals surface area (Å²) in [5.41, 5.74) is 0. The zero-order valence-corrected chi connectivity index (χ0v) is 13.4. The Kier molecular flexibility index (Phi) is 8.90. The van der Waals surface area contributed by atoms with E-state index >= 15 is 0 Å². The molecule has 0 bridgehead atoms. The van der Waals surface area contributed by atoms with Crippen LogP contribution in [0.1, 0.15) is 0 Å². The van der Waals surface area contributed by atoms with Crippen molar-refractivity contribution in [2.45, 2.75) is 5.25 Å². The first-order valence-corrected chi connectivity index (χ1v) is 9.70. The SMILES string of the molecule is C=CC(=O)NCCSC(=S)SC1CSCSC1. The lowest BCUT2D eigenvalue weighted by molar-refractivity contribution is -0.116. The quantitative estimate of drug-likeness (QED) is 0.475. The minimum atomic E-state index is -0.121. The van der Waals surface area contributed by atoms with Crippen LogP contribution in [0, 0.1) is 0 Å². The van der Waals surface area contributed by atoms with E-state index in [1.165, 1.54) is 22.7 Å². The lowest BCUT2D eigenvalue weighted by Gasteiger charge is -2.20. The van der Waals surface area contributed by atoms with Gasteiger partial charge >= 0.3 is 0 Å². The fourth-order valence-electron chi connectivity index (χ4n) is 1.09. The van der Waals surface area contributed by atoms with Gasteiger partial charge in [0, 0.05) is 34.1 Å². The van der Waals surface area contributed by atoms with Crippen LogP contribution in [0.15, 0.2) is 12.7 Å². The van der Waals surface area contributed by atoms with E-state index in [4.69, 9.17) is 12.2 Å². The summed E-state index contributed by atoms with van der Waals surface area (Å²) in [5, 5.41) is 4.60. The molecule has 0 aliphatic carbocycles. The van der Waals surface area contributed by atoms with Crippen molar-refractivity contribution in [2.75, 3.05) is 28.9 Å². The van der Waals surface area contributed by atoms with Crippen molar-refractivity contribution in [3.63, 3.8) is 0 Å². The van der Waals surface area contributed by atoms with Crippen molar-refractivity contribution in [3.8, 4) is 0 Å². The number of amides is 1. The van der Waals surface area contributed by atoms with Crippen molar-refractivity contribution in [3.05, 3.63) is 12.7 Å². The Morgan fingerprint density at radius 3 is 2.88 bits per heavy atom. The van der Waals surface area contributed by atoms with Crippen LogP contribution >= 0.6 is 59.3 Å². The Hall–Kier alpha value is 0.700. The van der Waals surface area contributed by atoms with E-state index in [0.29, 0.717) is 11.8 Å². The second-order valence-corrected chi connectivity index (χ2v) is 9.22. The van der Waals surface area contributed by atoms with Crippen LogP contribution in [0.3, 0.4) is 0 Å². The van der Waals surface area contributed by atoms with Crippen LogP contribution in [0.5, 0.6) is 0 Å². The van der Waals surface area contributed by atoms with E-state index in [9.17, 15) is 4.79 Å². The third-order valence-electron chi connectivity index (χ3n) is 1.84. The molecular weight excluding hydrogens is 310 g/mol. The van der Waals surface area contributed by atoms with E-state index in [0.717, 1.165) is 9.28 Å². The first kappa shape index (κ1) is 15.8. The van der Waals surface area contributed by atoms with E-state index in [1.54, 1.807) is 23.5 Å². The van der Waals surface area contributed by atoms with Crippen molar-refractivity contribution in [1.29, 1.82) is 0 Å². The monoisotopic (exact) mass is 325 g/mol. The molecule has 96 valence electrons. The highest BCUT2D eigenvalue weighted by Crippen LogP contribution is 2.32. The van der Waals surface area contributed by atoms with E-state index in [-0.39, 0.29) is 5.91 Å². The maximum Gasteiger partial charge on any atom is 0.243 e. The molecular formula is C10H15NOS5. The molecule has 1 N–H and O–H groups in total. The number of nitrogens with one attached hydrogen (secondary N) is 1. The number of thiocarbonyl (C=S) groups is 1. The normalized spacial score (nSPS) is 16.5. The lowest BCUT2D eigenvalue weighted by atomic mass is 10.5. The van der Waals surface area contributed by atoms with Gasteiger partial charge in [-0.1, -0.05) is 18.8 Å². The van der Waals surface area contributed by atoms with Crippen molar-refractivity contribution < 1.29 is 4.79 Å². The molecule has 7 heteroatoms. The third-order valence-corrected chi connectivity index (χ3v) is 7.66. The third kappa shape index (κ3) is 7.66. The Bertz CT molecular complexity index is 278. The second-order valence-electron chi connectivity index (χ2n) is 3.19. The molecule has 0 aromatic rings. The summed E-state index contributed by atoms with van der Waals surface area (Å²) in [6.07, 6.45) is 1.29. The number of hydrogen-bond acceptors (Lipinski definition) is 6. The molecule has 1 fully saturated rings. The molecule has 1 aliphatic heterocycles. The zero-order valence-electron chi connectivity index (χ0n) is 9.35. The topological polar surface area (TPSA) is 29.1 Å². The number of carbonyl (C=O) groups excluding carboxylic acids is 1. The van der Waals surface area contributed by atoms with Gasteiger partial charge in [-0.15, -0.1) is 47.0 Å². The molecule has 2 nitrogen and oxygen atoms in total. The fourth-order valence-corrected chi connectivity index (χ4v) is 6.59.